The van der Waals surface area contributed by atoms with E-state index < -0.39 is 6.04 Å². The Bertz CT molecular complexity index is 563. The van der Waals surface area contributed by atoms with Crippen LogP contribution in [0.2, 0.25) is 0 Å². The lowest BCUT2D eigenvalue weighted by molar-refractivity contribution is -0.140. The number of carbonyl (C=O) groups excluding carboxylic acids is 1. The zero-order valence-electron chi connectivity index (χ0n) is 14.2. The summed E-state index contributed by atoms with van der Waals surface area (Å²) in [5.41, 5.74) is 0.469. The first kappa shape index (κ1) is 17.3. The zero-order valence-corrected chi connectivity index (χ0v) is 14.2. The molecule has 0 spiro atoms. The molecule has 2 fully saturated rings. The lowest BCUT2D eigenvalue weighted by atomic mass is 9.99. The Morgan fingerprint density at radius 2 is 2.04 bits per heavy atom. The molecule has 1 N–H and O–H groups in total. The van der Waals surface area contributed by atoms with Crippen LogP contribution in [0.15, 0.2) is 24.3 Å². The third-order valence-corrected chi connectivity index (χ3v) is 4.99. The number of nitrogens with zero attached hydrogens (tertiary/aromatic N) is 2. The molecular formula is C18H26FN3O2. The monoisotopic (exact) mass is 335 g/mol. The molecule has 6 heteroatoms. The molecule has 0 saturated carbocycles. The molecular weight excluding hydrogens is 309 g/mol. The Morgan fingerprint density at radius 1 is 1.29 bits per heavy atom. The molecule has 132 valence electrons. The molecule has 1 amide bonds. The van der Waals surface area contributed by atoms with Crippen LogP contribution >= 0.6 is 0 Å². The van der Waals surface area contributed by atoms with Crippen LogP contribution in [0.25, 0.3) is 0 Å². The average Bonchev–Trinajstić information content (AvgIpc) is 2.64. The quantitative estimate of drug-likeness (QED) is 0.904. The third kappa shape index (κ3) is 3.77. The summed E-state index contributed by atoms with van der Waals surface area (Å²) in [5, 5.41) is 3.26. The second kappa shape index (κ2) is 8.05. The van der Waals surface area contributed by atoms with Gasteiger partial charge in [0.15, 0.2) is 0 Å². The van der Waals surface area contributed by atoms with Crippen LogP contribution in [-0.4, -0.2) is 68.2 Å². The van der Waals surface area contributed by atoms with E-state index in [-0.39, 0.29) is 11.7 Å². The lowest BCUT2D eigenvalue weighted by Crippen LogP contribution is -2.52. The van der Waals surface area contributed by atoms with Crippen LogP contribution in [0, 0.1) is 5.82 Å². The molecule has 0 aliphatic carbocycles. The second-order valence-corrected chi connectivity index (χ2v) is 6.48. The fourth-order valence-corrected chi connectivity index (χ4v) is 3.60. The molecule has 3 rings (SSSR count). The van der Waals surface area contributed by atoms with E-state index in [9.17, 15) is 9.18 Å². The van der Waals surface area contributed by atoms with Gasteiger partial charge in [-0.2, -0.15) is 0 Å². The standard InChI is InChI=1S/C18H26FN3O2/c1-20-14-5-4-8-22(13-14)18(23)17(21-9-11-24-12-10-21)15-6-2-3-7-16(15)19/h2-3,6-7,14,17,20H,4-5,8-13H2,1H3/t14-,17+/m1/s1. The summed E-state index contributed by atoms with van der Waals surface area (Å²) in [6.07, 6.45) is 2.05. The van der Waals surface area contributed by atoms with Crippen molar-refractivity contribution in [1.82, 2.24) is 15.1 Å². The normalized spacial score (nSPS) is 23.9. The number of nitrogens with one attached hydrogen (secondary N) is 1. The molecule has 2 saturated heterocycles. The highest BCUT2D eigenvalue weighted by Gasteiger charge is 2.35. The minimum atomic E-state index is -0.564. The summed E-state index contributed by atoms with van der Waals surface area (Å²) in [6, 6.07) is 6.37. The Kier molecular flexibility index (Phi) is 5.81. The van der Waals surface area contributed by atoms with Crippen molar-refractivity contribution in [3.63, 3.8) is 0 Å². The molecule has 0 radical (unpaired) electrons. The second-order valence-electron chi connectivity index (χ2n) is 6.48. The van der Waals surface area contributed by atoms with E-state index in [0.717, 1.165) is 19.4 Å². The molecule has 1 aromatic carbocycles. The van der Waals surface area contributed by atoms with Crippen molar-refractivity contribution >= 4 is 5.91 Å². The average molecular weight is 335 g/mol. The van der Waals surface area contributed by atoms with Crippen LogP contribution in [0.1, 0.15) is 24.4 Å². The summed E-state index contributed by atoms with van der Waals surface area (Å²) >= 11 is 0. The van der Waals surface area contributed by atoms with Gasteiger partial charge < -0.3 is 15.0 Å². The first-order chi connectivity index (χ1) is 11.7. The summed E-state index contributed by atoms with van der Waals surface area (Å²) in [5.74, 6) is -0.313. The van der Waals surface area contributed by atoms with Gasteiger partial charge in [0.2, 0.25) is 5.91 Å². The smallest absolute Gasteiger partial charge is 0.244 e. The van der Waals surface area contributed by atoms with Crippen molar-refractivity contribution in [2.24, 2.45) is 0 Å². The highest BCUT2D eigenvalue weighted by Crippen LogP contribution is 2.27. The predicted octanol–water partition coefficient (Wildman–Crippen LogP) is 1.41. The number of likely N-dealkylation sites (N-methyl/N-ethyl adjacent to an activating group) is 1. The first-order valence-electron chi connectivity index (χ1n) is 8.73. The number of benzene rings is 1. The van der Waals surface area contributed by atoms with E-state index in [2.05, 4.69) is 5.32 Å². The van der Waals surface area contributed by atoms with Gasteiger partial charge in [-0.15, -0.1) is 0 Å². The third-order valence-electron chi connectivity index (χ3n) is 4.99. The number of likely N-dealkylation sites (tertiary alicyclic amines) is 1. The predicted molar refractivity (Wildman–Crippen MR) is 90.2 cm³/mol. The lowest BCUT2D eigenvalue weighted by Gasteiger charge is -2.39. The minimum absolute atomic E-state index is 0.00181. The fraction of sp³-hybridized carbons (Fsp3) is 0.611. The number of ether oxygens (including phenoxy) is 1. The highest BCUT2D eigenvalue weighted by atomic mass is 19.1. The van der Waals surface area contributed by atoms with E-state index >= 15 is 0 Å². The van der Waals surface area contributed by atoms with E-state index in [4.69, 9.17) is 4.74 Å². The number of morpholine rings is 1. The number of carbonyl (C=O) groups is 1. The molecule has 24 heavy (non-hydrogen) atoms. The van der Waals surface area contributed by atoms with Gasteiger partial charge in [0, 0.05) is 37.8 Å². The molecule has 2 heterocycles. The van der Waals surface area contributed by atoms with Crippen molar-refractivity contribution < 1.29 is 13.9 Å². The maximum atomic E-state index is 14.4. The SMILES string of the molecule is CN[C@@H]1CCCN(C(=O)[C@H](c2ccccc2F)N2CCOCC2)C1. The molecule has 0 aromatic heterocycles. The Morgan fingerprint density at radius 3 is 2.75 bits per heavy atom. The molecule has 0 unspecified atom stereocenters. The summed E-state index contributed by atoms with van der Waals surface area (Å²) in [4.78, 5) is 17.2. The highest BCUT2D eigenvalue weighted by molar-refractivity contribution is 5.83. The largest absolute Gasteiger partial charge is 0.379 e. The van der Waals surface area contributed by atoms with Crippen molar-refractivity contribution in [3.8, 4) is 0 Å². The topological polar surface area (TPSA) is 44.8 Å². The van der Waals surface area contributed by atoms with Crippen LogP contribution in [-0.2, 0) is 9.53 Å². The number of piperidine rings is 1. The zero-order chi connectivity index (χ0) is 16.9. The van der Waals surface area contributed by atoms with Gasteiger partial charge >= 0.3 is 0 Å². The van der Waals surface area contributed by atoms with Crippen molar-refractivity contribution in [2.45, 2.75) is 24.9 Å². The Hall–Kier alpha value is -1.50. The fourth-order valence-electron chi connectivity index (χ4n) is 3.60. The number of amides is 1. The van der Waals surface area contributed by atoms with E-state index in [1.165, 1.54) is 6.07 Å². The van der Waals surface area contributed by atoms with Gasteiger partial charge in [0.05, 0.1) is 13.2 Å². The van der Waals surface area contributed by atoms with Gasteiger partial charge in [0.25, 0.3) is 0 Å². The molecule has 2 atom stereocenters. The number of hydrogen-bond acceptors (Lipinski definition) is 4. The maximum Gasteiger partial charge on any atom is 0.244 e. The van der Waals surface area contributed by atoms with E-state index in [1.807, 2.05) is 16.8 Å². The van der Waals surface area contributed by atoms with Crippen LogP contribution in [0.4, 0.5) is 4.39 Å². The van der Waals surface area contributed by atoms with Crippen LogP contribution in [0.5, 0.6) is 0 Å². The molecule has 1 aromatic rings. The molecule has 0 bridgehead atoms. The van der Waals surface area contributed by atoms with Gasteiger partial charge in [-0.05, 0) is 26.0 Å². The van der Waals surface area contributed by atoms with Gasteiger partial charge in [0.1, 0.15) is 11.9 Å². The summed E-state index contributed by atoms with van der Waals surface area (Å²) in [6.45, 7) is 3.88. The van der Waals surface area contributed by atoms with Crippen molar-refractivity contribution in [2.75, 3.05) is 46.4 Å². The number of hydrogen-bond donors (Lipinski definition) is 1. The number of halogens is 1. The van der Waals surface area contributed by atoms with Crippen LogP contribution < -0.4 is 5.32 Å². The maximum absolute atomic E-state index is 14.4. The molecule has 2 aliphatic heterocycles. The summed E-state index contributed by atoms with van der Waals surface area (Å²) in [7, 11) is 1.93. The van der Waals surface area contributed by atoms with Crippen molar-refractivity contribution in [1.29, 1.82) is 0 Å². The summed E-state index contributed by atoms with van der Waals surface area (Å²) < 4.78 is 19.8. The van der Waals surface area contributed by atoms with Crippen molar-refractivity contribution in [3.05, 3.63) is 35.6 Å². The van der Waals surface area contributed by atoms with Crippen LogP contribution in [0.3, 0.4) is 0 Å². The Labute approximate surface area is 142 Å². The number of rotatable bonds is 4. The van der Waals surface area contributed by atoms with Gasteiger partial charge in [-0.25, -0.2) is 4.39 Å². The van der Waals surface area contributed by atoms with E-state index in [1.54, 1.807) is 18.2 Å². The molecule has 2 aliphatic rings. The van der Waals surface area contributed by atoms with E-state index in [0.29, 0.717) is 44.5 Å². The van der Waals surface area contributed by atoms with Gasteiger partial charge in [-0.1, -0.05) is 18.2 Å². The van der Waals surface area contributed by atoms with Gasteiger partial charge in [-0.3, -0.25) is 9.69 Å². The first-order valence-corrected chi connectivity index (χ1v) is 8.73. The Balaban J connectivity index is 1.86. The molecule has 5 nitrogen and oxygen atoms in total. The minimum Gasteiger partial charge on any atom is -0.379 e.